The summed E-state index contributed by atoms with van der Waals surface area (Å²) in [6, 6.07) is 13.7. The van der Waals surface area contributed by atoms with Crippen molar-refractivity contribution < 1.29 is 28.7 Å². The van der Waals surface area contributed by atoms with Gasteiger partial charge >= 0.3 is 12.0 Å². The van der Waals surface area contributed by atoms with E-state index in [1.165, 1.54) is 9.91 Å². The number of para-hydroxylation sites is 1. The van der Waals surface area contributed by atoms with Gasteiger partial charge in [-0.2, -0.15) is 5.10 Å². The molecule has 3 aromatic rings. The number of benzene rings is 2. The molecule has 0 bridgehead atoms. The molecule has 44 heavy (non-hydrogen) atoms. The molecule has 0 radical (unpaired) electrons. The normalized spacial score (nSPS) is 17.6. The van der Waals surface area contributed by atoms with Crippen molar-refractivity contribution in [1.82, 2.24) is 9.99 Å². The van der Waals surface area contributed by atoms with Crippen LogP contribution < -0.4 is 10.2 Å². The molecule has 11 heteroatoms. The van der Waals surface area contributed by atoms with Gasteiger partial charge in [-0.1, -0.05) is 56.4 Å². The number of fused-ring (bicyclic) bond motifs is 1. The number of ketones is 1. The number of anilines is 2. The zero-order valence-electron chi connectivity index (χ0n) is 24.4. The van der Waals surface area contributed by atoms with E-state index < -0.39 is 17.9 Å². The number of hydrazone groups is 1. The number of amides is 3. The Hall–Kier alpha value is -4.80. The minimum Gasteiger partial charge on any atom is -0.476 e. The van der Waals surface area contributed by atoms with Crippen molar-refractivity contribution in [2.45, 2.75) is 57.8 Å². The lowest BCUT2D eigenvalue weighted by Crippen LogP contribution is -2.46. The zero-order valence-corrected chi connectivity index (χ0v) is 24.4. The predicted molar refractivity (Wildman–Crippen MR) is 163 cm³/mol. The Balaban J connectivity index is 1.27. The third kappa shape index (κ3) is 6.27. The fourth-order valence-electron chi connectivity index (χ4n) is 6.43. The first-order chi connectivity index (χ1) is 21.4. The van der Waals surface area contributed by atoms with Gasteiger partial charge in [-0.05, 0) is 49.9 Å². The lowest BCUT2D eigenvalue weighted by atomic mass is 9.83. The highest BCUT2D eigenvalue weighted by Crippen LogP contribution is 2.35. The second kappa shape index (κ2) is 12.8. The van der Waals surface area contributed by atoms with E-state index in [4.69, 9.17) is 14.6 Å². The summed E-state index contributed by atoms with van der Waals surface area (Å²) < 4.78 is 5.29. The summed E-state index contributed by atoms with van der Waals surface area (Å²) in [7, 11) is 0. The molecule has 2 N–H and O–H groups in total. The van der Waals surface area contributed by atoms with Crippen molar-refractivity contribution in [3.8, 4) is 11.5 Å². The molecule has 0 unspecified atom stereocenters. The number of carboxylic acids is 1. The number of carboxylic acid groups (broad SMARTS) is 1. The highest BCUT2D eigenvalue weighted by molar-refractivity contribution is 6.13. The first-order valence-electron chi connectivity index (χ1n) is 15.3. The van der Waals surface area contributed by atoms with E-state index in [0.717, 1.165) is 75.3 Å². The van der Waals surface area contributed by atoms with Crippen LogP contribution in [0.5, 0.6) is 0 Å². The molecule has 3 amide bonds. The van der Waals surface area contributed by atoms with Gasteiger partial charge in [0.15, 0.2) is 11.5 Å². The van der Waals surface area contributed by atoms with E-state index in [1.807, 2.05) is 24.3 Å². The van der Waals surface area contributed by atoms with Crippen molar-refractivity contribution in [1.29, 1.82) is 0 Å². The summed E-state index contributed by atoms with van der Waals surface area (Å²) in [5.74, 6) is -1.47. The van der Waals surface area contributed by atoms with Crippen LogP contribution in [-0.2, 0) is 9.59 Å². The molecule has 1 aliphatic heterocycles. The number of hydrogen-bond donors (Lipinski definition) is 2. The van der Waals surface area contributed by atoms with E-state index in [0.29, 0.717) is 16.9 Å². The van der Waals surface area contributed by atoms with Gasteiger partial charge in [-0.25, -0.2) is 19.6 Å². The Kier molecular flexibility index (Phi) is 8.53. The van der Waals surface area contributed by atoms with Crippen LogP contribution in [-0.4, -0.2) is 57.6 Å². The Morgan fingerprint density at radius 2 is 1.68 bits per heavy atom. The molecule has 2 saturated carbocycles. The van der Waals surface area contributed by atoms with Crippen LogP contribution in [0.4, 0.5) is 16.2 Å². The van der Waals surface area contributed by atoms with E-state index in [-0.39, 0.29) is 42.3 Å². The lowest BCUT2D eigenvalue weighted by molar-refractivity contribution is -0.121. The Morgan fingerprint density at radius 3 is 2.43 bits per heavy atom. The van der Waals surface area contributed by atoms with E-state index >= 15 is 0 Å². The Morgan fingerprint density at radius 1 is 0.932 bits per heavy atom. The fourth-order valence-corrected chi connectivity index (χ4v) is 6.43. The average Bonchev–Trinajstić information content (AvgIpc) is 3.74. The molecule has 6 rings (SSSR count). The first kappa shape index (κ1) is 29.3. The molecule has 2 heterocycles. The highest BCUT2D eigenvalue weighted by Gasteiger charge is 2.36. The number of oxazole rings is 1. The van der Waals surface area contributed by atoms with Crippen LogP contribution in [0.3, 0.4) is 0 Å². The Bertz CT molecular complexity index is 1600. The third-order valence-electron chi connectivity index (χ3n) is 8.68. The SMILES string of the molecule is O=C(CN1N=C(C2CCCCC2)c2ccccc2N(CC(=O)C2CCCC2)C1=O)Nc1cccc(-c2nc(C(=O)O)co2)c1. The molecule has 3 aliphatic rings. The maximum absolute atomic E-state index is 14.1. The highest BCUT2D eigenvalue weighted by atomic mass is 16.4. The van der Waals surface area contributed by atoms with Crippen molar-refractivity contribution in [2.75, 3.05) is 23.3 Å². The number of rotatable bonds is 9. The average molecular weight is 598 g/mol. The predicted octanol–water partition coefficient (Wildman–Crippen LogP) is 5.96. The molecule has 0 saturated heterocycles. The van der Waals surface area contributed by atoms with Crippen molar-refractivity contribution in [3.63, 3.8) is 0 Å². The van der Waals surface area contributed by atoms with Crippen LogP contribution in [0.25, 0.3) is 11.5 Å². The molecular weight excluding hydrogens is 562 g/mol. The maximum Gasteiger partial charge on any atom is 0.357 e. The van der Waals surface area contributed by atoms with Crippen molar-refractivity contribution >= 4 is 40.8 Å². The number of carbonyl (C=O) groups is 4. The number of aromatic carboxylic acids is 1. The molecule has 2 aliphatic carbocycles. The van der Waals surface area contributed by atoms with E-state index in [1.54, 1.807) is 24.3 Å². The number of hydrogen-bond acceptors (Lipinski definition) is 7. The zero-order chi connectivity index (χ0) is 30.6. The van der Waals surface area contributed by atoms with Crippen LogP contribution in [0, 0.1) is 11.8 Å². The molecular formula is C33H35N5O6. The second-order valence-corrected chi connectivity index (χ2v) is 11.7. The van der Waals surface area contributed by atoms with Gasteiger partial charge < -0.3 is 14.8 Å². The van der Waals surface area contributed by atoms with E-state index in [9.17, 15) is 19.2 Å². The summed E-state index contributed by atoms with van der Waals surface area (Å²) in [5.41, 5.74) is 2.92. The van der Waals surface area contributed by atoms with Crippen LogP contribution in [0.15, 0.2) is 64.3 Å². The van der Waals surface area contributed by atoms with Gasteiger partial charge in [0, 0.05) is 28.7 Å². The molecule has 2 aromatic carbocycles. The van der Waals surface area contributed by atoms with Crippen molar-refractivity contribution in [3.05, 3.63) is 66.1 Å². The van der Waals surface area contributed by atoms with Gasteiger partial charge in [0.05, 0.1) is 17.9 Å². The van der Waals surface area contributed by atoms with Crippen LogP contribution >= 0.6 is 0 Å². The molecule has 1 aromatic heterocycles. The smallest absolute Gasteiger partial charge is 0.357 e. The minimum atomic E-state index is -1.21. The topological polar surface area (TPSA) is 145 Å². The molecule has 2 fully saturated rings. The summed E-state index contributed by atoms with van der Waals surface area (Å²) >= 11 is 0. The lowest BCUT2D eigenvalue weighted by Gasteiger charge is -2.26. The fraction of sp³-hybridized carbons (Fsp3) is 0.394. The molecule has 11 nitrogen and oxygen atoms in total. The number of Topliss-reactive ketones (excluding diaryl/α,β-unsaturated/α-hetero) is 1. The summed E-state index contributed by atoms with van der Waals surface area (Å²) in [4.78, 5) is 57.5. The largest absolute Gasteiger partial charge is 0.476 e. The number of aromatic nitrogens is 1. The first-order valence-corrected chi connectivity index (χ1v) is 15.3. The molecule has 0 spiro atoms. The number of urea groups is 1. The van der Waals surface area contributed by atoms with Gasteiger partial charge in [-0.3, -0.25) is 14.5 Å². The number of carbonyl (C=O) groups excluding carboxylic acids is 3. The minimum absolute atomic E-state index is 0.0329. The standard InChI is InChI=1S/C33H35N5O6/c39-28(21-9-4-5-10-21)18-37-27-16-7-6-15-25(27)30(22-11-2-1-3-12-22)36-38(33(37)43)19-29(40)34-24-14-8-13-23(17-24)31-35-26(20-44-31)32(41)42/h6-8,13-17,20-22H,1-5,9-12,18-19H2,(H,34,40)(H,41,42). The number of nitrogens with one attached hydrogen (secondary N) is 1. The Labute approximate surface area is 254 Å². The van der Waals surface area contributed by atoms with Gasteiger partial charge in [0.25, 0.3) is 0 Å². The van der Waals surface area contributed by atoms with Gasteiger partial charge in [0.2, 0.25) is 11.8 Å². The summed E-state index contributed by atoms with van der Waals surface area (Å²) in [6.45, 7) is -0.424. The molecule has 0 atom stereocenters. The van der Waals surface area contributed by atoms with Crippen LogP contribution in [0.2, 0.25) is 0 Å². The quantitative estimate of drug-likeness (QED) is 0.309. The van der Waals surface area contributed by atoms with Gasteiger partial charge in [0.1, 0.15) is 12.8 Å². The number of nitrogens with zero attached hydrogens (tertiary/aromatic N) is 4. The maximum atomic E-state index is 14.1. The second-order valence-electron chi connectivity index (χ2n) is 11.7. The third-order valence-corrected chi connectivity index (χ3v) is 8.68. The summed E-state index contributed by atoms with van der Waals surface area (Å²) in [6.07, 6.45) is 9.93. The molecule has 228 valence electrons. The van der Waals surface area contributed by atoms with Crippen LogP contribution in [0.1, 0.15) is 73.8 Å². The van der Waals surface area contributed by atoms with Crippen molar-refractivity contribution in [2.24, 2.45) is 16.9 Å². The van der Waals surface area contributed by atoms with E-state index in [2.05, 4.69) is 10.3 Å². The summed E-state index contributed by atoms with van der Waals surface area (Å²) in [5, 5.41) is 18.0. The monoisotopic (exact) mass is 597 g/mol. The van der Waals surface area contributed by atoms with Gasteiger partial charge in [-0.15, -0.1) is 0 Å².